The zero-order valence-electron chi connectivity index (χ0n) is 12.2. The van der Waals surface area contributed by atoms with Crippen LogP contribution < -0.4 is 5.32 Å². The van der Waals surface area contributed by atoms with Crippen LogP contribution in [0.25, 0.3) is 0 Å². The zero-order valence-corrected chi connectivity index (χ0v) is 15.4. The summed E-state index contributed by atoms with van der Waals surface area (Å²) in [6, 6.07) is 7.02. The van der Waals surface area contributed by atoms with Crippen molar-refractivity contribution in [3.05, 3.63) is 51.3 Å². The summed E-state index contributed by atoms with van der Waals surface area (Å²) < 4.78 is 5.60. The van der Waals surface area contributed by atoms with E-state index in [1.165, 1.54) is 23.1 Å². The Bertz CT molecular complexity index is 881. The molecule has 24 heavy (non-hydrogen) atoms. The standard InChI is InChI=1S/C14H10Cl2N4O2S2/c1-7-4-11(20-22-7)12(21)17-13-18-19-14(24-13)23-6-8-2-3-9(15)10(16)5-8/h2-5H,6H2,1H3,(H,17,18,21). The predicted octanol–water partition coefficient (Wildman–Crippen LogP) is 4.69. The van der Waals surface area contributed by atoms with Gasteiger partial charge in [-0.3, -0.25) is 10.1 Å². The number of anilines is 1. The maximum Gasteiger partial charge on any atom is 0.279 e. The summed E-state index contributed by atoms with van der Waals surface area (Å²) >= 11 is 14.7. The van der Waals surface area contributed by atoms with Gasteiger partial charge < -0.3 is 4.52 Å². The molecule has 0 saturated heterocycles. The third kappa shape index (κ3) is 4.27. The fourth-order valence-electron chi connectivity index (χ4n) is 1.73. The van der Waals surface area contributed by atoms with Crippen LogP contribution in [0.1, 0.15) is 21.8 Å². The molecule has 0 aliphatic heterocycles. The van der Waals surface area contributed by atoms with Crippen LogP contribution in [0.4, 0.5) is 5.13 Å². The van der Waals surface area contributed by atoms with Crippen molar-refractivity contribution in [1.82, 2.24) is 15.4 Å². The molecule has 0 radical (unpaired) electrons. The molecule has 3 rings (SSSR count). The van der Waals surface area contributed by atoms with Crippen molar-refractivity contribution in [2.45, 2.75) is 17.0 Å². The van der Waals surface area contributed by atoms with Gasteiger partial charge in [0.1, 0.15) is 5.76 Å². The van der Waals surface area contributed by atoms with Gasteiger partial charge in [0.25, 0.3) is 5.91 Å². The Morgan fingerprint density at radius 1 is 1.29 bits per heavy atom. The summed E-state index contributed by atoms with van der Waals surface area (Å²) in [5.74, 6) is 0.849. The summed E-state index contributed by atoms with van der Waals surface area (Å²) in [7, 11) is 0. The van der Waals surface area contributed by atoms with Crippen LogP contribution in [0.5, 0.6) is 0 Å². The van der Waals surface area contributed by atoms with Crippen molar-refractivity contribution in [1.29, 1.82) is 0 Å². The second kappa shape index (κ2) is 7.52. The van der Waals surface area contributed by atoms with E-state index < -0.39 is 0 Å². The van der Waals surface area contributed by atoms with Gasteiger partial charge in [-0.2, -0.15) is 0 Å². The molecule has 2 heterocycles. The molecule has 10 heteroatoms. The van der Waals surface area contributed by atoms with Gasteiger partial charge in [0.05, 0.1) is 10.0 Å². The minimum atomic E-state index is -0.385. The highest BCUT2D eigenvalue weighted by molar-refractivity contribution is 8.00. The highest BCUT2D eigenvalue weighted by Crippen LogP contribution is 2.30. The number of aromatic nitrogens is 3. The lowest BCUT2D eigenvalue weighted by atomic mass is 10.2. The summed E-state index contributed by atoms with van der Waals surface area (Å²) in [6.45, 7) is 1.71. The van der Waals surface area contributed by atoms with E-state index in [-0.39, 0.29) is 11.6 Å². The minimum absolute atomic E-state index is 0.202. The van der Waals surface area contributed by atoms with Gasteiger partial charge in [0, 0.05) is 11.8 Å². The normalized spacial score (nSPS) is 10.8. The van der Waals surface area contributed by atoms with Crippen molar-refractivity contribution in [2.24, 2.45) is 0 Å². The number of benzene rings is 1. The SMILES string of the molecule is Cc1cc(C(=O)Nc2nnc(SCc3ccc(Cl)c(Cl)c3)s2)no1. The number of carbonyl (C=O) groups is 1. The molecule has 1 amide bonds. The Hall–Kier alpha value is -1.61. The van der Waals surface area contributed by atoms with E-state index in [1.54, 1.807) is 19.1 Å². The van der Waals surface area contributed by atoms with E-state index in [2.05, 4.69) is 20.7 Å². The largest absolute Gasteiger partial charge is 0.361 e. The smallest absolute Gasteiger partial charge is 0.279 e. The number of thioether (sulfide) groups is 1. The zero-order chi connectivity index (χ0) is 17.1. The highest BCUT2D eigenvalue weighted by Gasteiger charge is 2.14. The van der Waals surface area contributed by atoms with Crippen LogP contribution in [-0.4, -0.2) is 21.3 Å². The maximum atomic E-state index is 12.0. The van der Waals surface area contributed by atoms with Crippen LogP contribution in [-0.2, 0) is 5.75 Å². The van der Waals surface area contributed by atoms with Gasteiger partial charge in [0.15, 0.2) is 10.0 Å². The third-order valence-electron chi connectivity index (χ3n) is 2.83. The first-order chi connectivity index (χ1) is 11.5. The van der Waals surface area contributed by atoms with Crippen molar-refractivity contribution in [2.75, 3.05) is 5.32 Å². The lowest BCUT2D eigenvalue weighted by molar-refractivity contribution is 0.101. The number of nitrogens with one attached hydrogen (secondary N) is 1. The van der Waals surface area contributed by atoms with Crippen molar-refractivity contribution < 1.29 is 9.32 Å². The Morgan fingerprint density at radius 3 is 2.83 bits per heavy atom. The Labute approximate surface area is 155 Å². The monoisotopic (exact) mass is 400 g/mol. The molecule has 0 bridgehead atoms. The second-order valence-electron chi connectivity index (χ2n) is 4.69. The molecule has 0 atom stereocenters. The molecule has 1 N–H and O–H groups in total. The predicted molar refractivity (Wildman–Crippen MR) is 95.1 cm³/mol. The van der Waals surface area contributed by atoms with Crippen LogP contribution in [0.3, 0.4) is 0 Å². The number of hydrogen-bond donors (Lipinski definition) is 1. The van der Waals surface area contributed by atoms with Gasteiger partial charge in [-0.1, -0.05) is 57.5 Å². The Morgan fingerprint density at radius 2 is 2.12 bits per heavy atom. The van der Waals surface area contributed by atoms with Crippen molar-refractivity contribution in [3.8, 4) is 0 Å². The number of hydrogen-bond acceptors (Lipinski definition) is 7. The molecule has 124 valence electrons. The van der Waals surface area contributed by atoms with Gasteiger partial charge in [-0.25, -0.2) is 0 Å². The lowest BCUT2D eigenvalue weighted by Gasteiger charge is -2.01. The van der Waals surface area contributed by atoms with Crippen LogP contribution >= 0.6 is 46.3 Å². The van der Waals surface area contributed by atoms with E-state index in [4.69, 9.17) is 27.7 Å². The quantitative estimate of drug-likeness (QED) is 0.494. The fourth-order valence-corrected chi connectivity index (χ4v) is 3.74. The van der Waals surface area contributed by atoms with E-state index in [1.807, 2.05) is 12.1 Å². The van der Waals surface area contributed by atoms with E-state index >= 15 is 0 Å². The molecule has 0 fully saturated rings. The number of aryl methyl sites for hydroxylation is 1. The van der Waals surface area contributed by atoms with Gasteiger partial charge in [0.2, 0.25) is 5.13 Å². The average Bonchev–Trinajstić information content (AvgIpc) is 3.17. The molecule has 2 aromatic heterocycles. The first kappa shape index (κ1) is 17.2. The number of halogens is 2. The highest BCUT2D eigenvalue weighted by atomic mass is 35.5. The molecule has 1 aromatic carbocycles. The van der Waals surface area contributed by atoms with Crippen molar-refractivity contribution in [3.63, 3.8) is 0 Å². The topological polar surface area (TPSA) is 80.9 Å². The summed E-state index contributed by atoms with van der Waals surface area (Å²) in [5, 5.41) is 15.7. The fraction of sp³-hybridized carbons (Fsp3) is 0.143. The van der Waals surface area contributed by atoms with Gasteiger partial charge >= 0.3 is 0 Å². The summed E-state index contributed by atoms with van der Waals surface area (Å²) in [5.41, 5.74) is 1.22. The molecule has 0 aliphatic carbocycles. The van der Waals surface area contributed by atoms with Gasteiger partial charge in [-0.05, 0) is 24.6 Å². The first-order valence-electron chi connectivity index (χ1n) is 6.66. The Balaban J connectivity index is 1.59. The molecule has 0 spiro atoms. The molecule has 0 aliphatic rings. The third-order valence-corrected chi connectivity index (χ3v) is 5.62. The van der Waals surface area contributed by atoms with Crippen LogP contribution in [0.2, 0.25) is 10.0 Å². The van der Waals surface area contributed by atoms with Gasteiger partial charge in [-0.15, -0.1) is 10.2 Å². The van der Waals surface area contributed by atoms with Crippen molar-refractivity contribution >= 4 is 57.3 Å². The maximum absolute atomic E-state index is 12.0. The molecule has 6 nitrogen and oxygen atoms in total. The number of amides is 1. The number of rotatable bonds is 5. The van der Waals surface area contributed by atoms with E-state index in [9.17, 15) is 4.79 Å². The molecule has 0 unspecified atom stereocenters. The van der Waals surface area contributed by atoms with Crippen LogP contribution in [0, 0.1) is 6.92 Å². The summed E-state index contributed by atoms with van der Waals surface area (Å²) in [6.07, 6.45) is 0. The van der Waals surface area contributed by atoms with Crippen LogP contribution in [0.15, 0.2) is 33.1 Å². The second-order valence-corrected chi connectivity index (χ2v) is 7.70. The molecular weight excluding hydrogens is 391 g/mol. The molecule has 0 saturated carbocycles. The summed E-state index contributed by atoms with van der Waals surface area (Å²) in [4.78, 5) is 12.0. The number of nitrogens with zero attached hydrogens (tertiary/aromatic N) is 3. The molecule has 3 aromatic rings. The minimum Gasteiger partial charge on any atom is -0.361 e. The first-order valence-corrected chi connectivity index (χ1v) is 9.22. The lowest BCUT2D eigenvalue weighted by Crippen LogP contribution is -2.11. The van der Waals surface area contributed by atoms with E-state index in [0.717, 1.165) is 9.90 Å². The Kier molecular flexibility index (Phi) is 5.40. The van der Waals surface area contributed by atoms with E-state index in [0.29, 0.717) is 26.7 Å². The number of carbonyl (C=O) groups excluding carboxylic acids is 1. The average molecular weight is 401 g/mol. The molecular formula is C14H10Cl2N4O2S2.